The number of nitriles is 1. The van der Waals surface area contributed by atoms with E-state index in [1.165, 1.54) is 12.5 Å². The zero-order valence-corrected chi connectivity index (χ0v) is 18.0. The van der Waals surface area contributed by atoms with Gasteiger partial charge in [-0.3, -0.25) is 0 Å². The third-order valence-electron chi connectivity index (χ3n) is 5.49. The molecule has 2 aliphatic rings. The number of hydrogen-bond acceptors (Lipinski definition) is 8. The summed E-state index contributed by atoms with van der Waals surface area (Å²) in [6.07, 6.45) is 6.08. The van der Waals surface area contributed by atoms with Gasteiger partial charge in [0.1, 0.15) is 23.3 Å². The summed E-state index contributed by atoms with van der Waals surface area (Å²) in [7, 11) is -3.18. The molecule has 31 heavy (non-hydrogen) atoms. The van der Waals surface area contributed by atoms with Crippen LogP contribution in [0.25, 0.3) is 5.65 Å². The largest absolute Gasteiger partial charge is 0.371 e. The Labute approximate surface area is 180 Å². The predicted octanol–water partition coefficient (Wildman–Crippen LogP) is 2.67. The summed E-state index contributed by atoms with van der Waals surface area (Å²) in [5.41, 5.74) is 3.35. The predicted molar refractivity (Wildman–Crippen MR) is 119 cm³/mol. The molecule has 5 rings (SSSR count). The molecule has 0 unspecified atom stereocenters. The van der Waals surface area contributed by atoms with Crippen LogP contribution in [0.3, 0.4) is 0 Å². The van der Waals surface area contributed by atoms with E-state index in [2.05, 4.69) is 31.7 Å². The van der Waals surface area contributed by atoms with Crippen LogP contribution < -0.4 is 15.5 Å². The van der Waals surface area contributed by atoms with Crippen LogP contribution in [-0.2, 0) is 15.6 Å². The van der Waals surface area contributed by atoms with E-state index in [0.29, 0.717) is 23.1 Å². The SMILES string of the molecule is CS(=O)(=O)Cc1cc(Nc2cc(NC3CC3)n3ncc(C#N)c3n2)ccc1N1CCC1. The van der Waals surface area contributed by atoms with Gasteiger partial charge >= 0.3 is 0 Å². The van der Waals surface area contributed by atoms with Gasteiger partial charge in [-0.25, -0.2) is 13.4 Å². The maximum absolute atomic E-state index is 12.0. The molecule has 1 aliphatic carbocycles. The molecule has 2 fully saturated rings. The zero-order valence-electron chi connectivity index (χ0n) is 17.2. The van der Waals surface area contributed by atoms with Gasteiger partial charge in [-0.2, -0.15) is 14.9 Å². The summed E-state index contributed by atoms with van der Waals surface area (Å²) in [5.74, 6) is 1.32. The third-order valence-corrected chi connectivity index (χ3v) is 6.32. The van der Waals surface area contributed by atoms with E-state index >= 15 is 0 Å². The molecule has 160 valence electrons. The Morgan fingerprint density at radius 1 is 1.26 bits per heavy atom. The highest BCUT2D eigenvalue weighted by Crippen LogP contribution is 2.31. The lowest BCUT2D eigenvalue weighted by Crippen LogP contribution is -2.37. The molecule has 0 amide bonds. The number of hydrogen-bond donors (Lipinski definition) is 2. The van der Waals surface area contributed by atoms with Crippen molar-refractivity contribution >= 4 is 38.5 Å². The fourth-order valence-electron chi connectivity index (χ4n) is 3.72. The van der Waals surface area contributed by atoms with Crippen LogP contribution in [0.15, 0.2) is 30.5 Å². The number of nitrogens with one attached hydrogen (secondary N) is 2. The number of anilines is 4. The molecule has 2 aromatic heterocycles. The van der Waals surface area contributed by atoms with Crippen LogP contribution in [-0.4, -0.2) is 48.4 Å². The summed E-state index contributed by atoms with van der Waals surface area (Å²) < 4.78 is 25.6. The minimum atomic E-state index is -3.18. The fraction of sp³-hybridized carbons (Fsp3) is 0.381. The minimum absolute atomic E-state index is 0.0174. The molecule has 3 heterocycles. The molecule has 0 atom stereocenters. The van der Waals surface area contributed by atoms with Crippen molar-refractivity contribution in [3.63, 3.8) is 0 Å². The maximum Gasteiger partial charge on any atom is 0.177 e. The standard InChI is InChI=1S/C21H23N7O2S/c1-31(29,30)13-14-9-17(5-6-18(14)27-7-2-8-27)24-19-10-20(25-16-3-4-16)28-21(26-19)15(11-22)12-23-28/h5-6,9-10,12,16,25H,2-4,7-8,13H2,1H3,(H,24,26). The molecular formula is C21H23N7O2S. The molecule has 1 aliphatic heterocycles. The number of aromatic nitrogens is 3. The van der Waals surface area contributed by atoms with Gasteiger partial charge in [-0.15, -0.1) is 0 Å². The first-order chi connectivity index (χ1) is 14.9. The highest BCUT2D eigenvalue weighted by atomic mass is 32.2. The number of nitrogens with zero attached hydrogens (tertiary/aromatic N) is 5. The Kier molecular flexibility index (Phi) is 4.70. The number of sulfone groups is 1. The molecule has 9 nitrogen and oxygen atoms in total. The normalized spacial score (nSPS) is 16.1. The average Bonchev–Trinajstić information content (AvgIpc) is 3.37. The lowest BCUT2D eigenvalue weighted by molar-refractivity contribution is 0.599. The van der Waals surface area contributed by atoms with Crippen LogP contribution in [0.2, 0.25) is 0 Å². The van der Waals surface area contributed by atoms with Gasteiger partial charge in [0.15, 0.2) is 15.5 Å². The highest BCUT2D eigenvalue weighted by molar-refractivity contribution is 7.89. The molecular weight excluding hydrogens is 414 g/mol. The fourth-order valence-corrected chi connectivity index (χ4v) is 4.52. The molecule has 1 aromatic carbocycles. The van der Waals surface area contributed by atoms with Crippen molar-refractivity contribution in [1.82, 2.24) is 14.6 Å². The smallest absolute Gasteiger partial charge is 0.177 e. The van der Waals surface area contributed by atoms with Crippen molar-refractivity contribution in [3.8, 4) is 6.07 Å². The molecule has 10 heteroatoms. The van der Waals surface area contributed by atoms with Gasteiger partial charge in [0.2, 0.25) is 0 Å². The van der Waals surface area contributed by atoms with Gasteiger partial charge in [-0.05, 0) is 43.0 Å². The van der Waals surface area contributed by atoms with E-state index in [1.807, 2.05) is 24.3 Å². The van der Waals surface area contributed by atoms with Crippen molar-refractivity contribution in [3.05, 3.63) is 41.6 Å². The van der Waals surface area contributed by atoms with Crippen molar-refractivity contribution in [1.29, 1.82) is 5.26 Å². The van der Waals surface area contributed by atoms with E-state index < -0.39 is 9.84 Å². The van der Waals surface area contributed by atoms with E-state index in [-0.39, 0.29) is 5.75 Å². The summed E-state index contributed by atoms with van der Waals surface area (Å²) >= 11 is 0. The second kappa shape index (κ2) is 7.42. The second-order valence-electron chi connectivity index (χ2n) is 8.23. The van der Waals surface area contributed by atoms with Crippen LogP contribution in [0.1, 0.15) is 30.4 Å². The third kappa shape index (κ3) is 4.14. The molecule has 1 saturated carbocycles. The van der Waals surface area contributed by atoms with E-state index in [4.69, 9.17) is 0 Å². The first kappa shape index (κ1) is 19.6. The van der Waals surface area contributed by atoms with Crippen LogP contribution >= 0.6 is 0 Å². The Balaban J connectivity index is 1.51. The van der Waals surface area contributed by atoms with E-state index in [1.54, 1.807) is 4.52 Å². The van der Waals surface area contributed by atoms with Crippen molar-refractivity contribution in [2.45, 2.75) is 31.1 Å². The summed E-state index contributed by atoms with van der Waals surface area (Å²) in [6, 6.07) is 10.2. The highest BCUT2D eigenvalue weighted by Gasteiger charge is 2.24. The number of benzene rings is 1. The van der Waals surface area contributed by atoms with Crippen molar-refractivity contribution < 1.29 is 8.42 Å². The molecule has 0 radical (unpaired) electrons. The second-order valence-corrected chi connectivity index (χ2v) is 10.4. The van der Waals surface area contributed by atoms with Gasteiger partial charge in [0.05, 0.1) is 11.9 Å². The van der Waals surface area contributed by atoms with Crippen molar-refractivity contribution in [2.75, 3.05) is 34.9 Å². The first-order valence-electron chi connectivity index (χ1n) is 10.3. The van der Waals surface area contributed by atoms with Gasteiger partial charge in [-0.1, -0.05) is 0 Å². The van der Waals surface area contributed by atoms with Crippen LogP contribution in [0.4, 0.5) is 23.0 Å². The quantitative estimate of drug-likeness (QED) is 0.580. The lowest BCUT2D eigenvalue weighted by Gasteiger charge is -2.35. The maximum atomic E-state index is 12.0. The monoisotopic (exact) mass is 437 g/mol. The Morgan fingerprint density at radius 3 is 2.71 bits per heavy atom. The van der Waals surface area contributed by atoms with E-state index in [0.717, 1.165) is 55.1 Å². The van der Waals surface area contributed by atoms with Crippen molar-refractivity contribution in [2.24, 2.45) is 0 Å². The molecule has 2 N–H and O–H groups in total. The van der Waals surface area contributed by atoms with Gasteiger partial charge in [0, 0.05) is 42.8 Å². The molecule has 0 spiro atoms. The Hall–Kier alpha value is -3.32. The number of rotatable bonds is 7. The first-order valence-corrected chi connectivity index (χ1v) is 12.3. The van der Waals surface area contributed by atoms with Gasteiger partial charge < -0.3 is 15.5 Å². The zero-order chi connectivity index (χ0) is 21.6. The Bertz CT molecular complexity index is 1300. The average molecular weight is 438 g/mol. The molecule has 1 saturated heterocycles. The Morgan fingerprint density at radius 2 is 2.06 bits per heavy atom. The molecule has 3 aromatic rings. The summed E-state index contributed by atoms with van der Waals surface area (Å²) in [5, 5.41) is 20.4. The lowest BCUT2D eigenvalue weighted by atomic mass is 10.1. The summed E-state index contributed by atoms with van der Waals surface area (Å²) in [6.45, 7) is 1.88. The van der Waals surface area contributed by atoms with Crippen LogP contribution in [0, 0.1) is 11.3 Å². The van der Waals surface area contributed by atoms with Crippen LogP contribution in [0.5, 0.6) is 0 Å². The van der Waals surface area contributed by atoms with E-state index in [9.17, 15) is 13.7 Å². The topological polar surface area (TPSA) is 115 Å². The summed E-state index contributed by atoms with van der Waals surface area (Å²) in [4.78, 5) is 6.77. The van der Waals surface area contributed by atoms with Gasteiger partial charge in [0.25, 0.3) is 0 Å². The molecule has 0 bridgehead atoms. The minimum Gasteiger partial charge on any atom is -0.371 e. The number of fused-ring (bicyclic) bond motifs is 1.